The van der Waals surface area contributed by atoms with Gasteiger partial charge in [0.05, 0.1) is 11.1 Å². The van der Waals surface area contributed by atoms with Crippen LogP contribution in [0.5, 0.6) is 0 Å². The monoisotopic (exact) mass is 375 g/mol. The zero-order chi connectivity index (χ0) is 19.7. The third-order valence-corrected chi connectivity index (χ3v) is 5.41. The number of carbonyl (C=O) groups excluding carboxylic acids is 1. The number of primary amides is 1. The molecular formula is C22H25N5O. The van der Waals surface area contributed by atoms with E-state index in [1.165, 1.54) is 23.0 Å². The summed E-state index contributed by atoms with van der Waals surface area (Å²) >= 11 is 0. The molecule has 2 aromatic carbocycles. The van der Waals surface area contributed by atoms with E-state index >= 15 is 0 Å². The summed E-state index contributed by atoms with van der Waals surface area (Å²) in [6, 6.07) is 12.4. The highest BCUT2D eigenvalue weighted by atomic mass is 16.1. The van der Waals surface area contributed by atoms with E-state index in [1.807, 2.05) is 12.1 Å². The van der Waals surface area contributed by atoms with Gasteiger partial charge in [0.1, 0.15) is 12.1 Å². The molecule has 2 heterocycles. The van der Waals surface area contributed by atoms with Crippen LogP contribution < -0.4 is 16.4 Å². The van der Waals surface area contributed by atoms with Gasteiger partial charge in [-0.3, -0.25) is 4.79 Å². The number of benzene rings is 2. The van der Waals surface area contributed by atoms with Gasteiger partial charge in [-0.25, -0.2) is 9.97 Å². The van der Waals surface area contributed by atoms with E-state index in [4.69, 9.17) is 5.73 Å². The molecule has 4 N–H and O–H groups in total. The van der Waals surface area contributed by atoms with Crippen LogP contribution in [0.15, 0.2) is 42.7 Å². The summed E-state index contributed by atoms with van der Waals surface area (Å²) in [4.78, 5) is 20.5. The molecule has 1 aromatic heterocycles. The summed E-state index contributed by atoms with van der Waals surface area (Å²) in [6.07, 6.45) is 2.54. The van der Waals surface area contributed by atoms with Gasteiger partial charge >= 0.3 is 0 Å². The highest BCUT2D eigenvalue weighted by molar-refractivity contribution is 6.06. The Morgan fingerprint density at radius 1 is 1.18 bits per heavy atom. The van der Waals surface area contributed by atoms with Crippen LogP contribution in [0.3, 0.4) is 0 Å². The Labute approximate surface area is 164 Å². The summed E-state index contributed by atoms with van der Waals surface area (Å²) in [5.74, 6) is 0.628. The van der Waals surface area contributed by atoms with Crippen molar-refractivity contribution >= 4 is 22.6 Å². The fourth-order valence-corrected chi connectivity index (χ4v) is 4.21. The summed E-state index contributed by atoms with van der Waals surface area (Å²) in [5.41, 5.74) is 10.4. The van der Waals surface area contributed by atoms with Crippen molar-refractivity contribution in [3.05, 3.63) is 65.0 Å². The number of fused-ring (bicyclic) bond motifs is 1. The molecule has 1 fully saturated rings. The molecule has 0 aliphatic carbocycles. The highest BCUT2D eigenvalue weighted by Crippen LogP contribution is 2.31. The van der Waals surface area contributed by atoms with Gasteiger partial charge in [0.15, 0.2) is 0 Å². The van der Waals surface area contributed by atoms with Crippen LogP contribution >= 0.6 is 0 Å². The maximum absolute atomic E-state index is 11.7. The Balaban J connectivity index is 1.71. The van der Waals surface area contributed by atoms with Gasteiger partial charge in [0, 0.05) is 23.9 Å². The van der Waals surface area contributed by atoms with Gasteiger partial charge in [0.25, 0.3) is 5.91 Å². The van der Waals surface area contributed by atoms with Crippen molar-refractivity contribution < 1.29 is 4.79 Å². The molecule has 0 spiro atoms. The first kappa shape index (κ1) is 18.4. The summed E-state index contributed by atoms with van der Waals surface area (Å²) in [6.45, 7) is 6.12. The molecule has 1 aliphatic rings. The fourth-order valence-electron chi connectivity index (χ4n) is 4.21. The molecule has 3 aromatic rings. The molecule has 4 rings (SSSR count). The highest BCUT2D eigenvalue weighted by Gasteiger charge is 2.27. The third-order valence-electron chi connectivity index (χ3n) is 5.41. The number of hydrogen-bond acceptors (Lipinski definition) is 5. The molecule has 0 bridgehead atoms. The summed E-state index contributed by atoms with van der Waals surface area (Å²) in [5, 5.41) is 7.90. The molecular weight excluding hydrogens is 350 g/mol. The number of piperidine rings is 1. The minimum absolute atomic E-state index is 0.185. The van der Waals surface area contributed by atoms with Crippen LogP contribution in [0, 0.1) is 13.8 Å². The van der Waals surface area contributed by atoms with Crippen molar-refractivity contribution in [2.75, 3.05) is 18.4 Å². The van der Waals surface area contributed by atoms with Gasteiger partial charge in [0.2, 0.25) is 0 Å². The van der Waals surface area contributed by atoms with E-state index < -0.39 is 5.91 Å². The Bertz CT molecular complexity index is 1010. The second kappa shape index (κ2) is 7.56. The first-order valence-corrected chi connectivity index (χ1v) is 9.62. The van der Waals surface area contributed by atoms with Crippen molar-refractivity contribution in [3.63, 3.8) is 0 Å². The van der Waals surface area contributed by atoms with Crippen LogP contribution in [-0.4, -0.2) is 35.0 Å². The number of anilines is 1. The number of amides is 1. The lowest BCUT2D eigenvalue weighted by molar-refractivity contribution is 0.100. The summed E-state index contributed by atoms with van der Waals surface area (Å²) < 4.78 is 0. The maximum Gasteiger partial charge on any atom is 0.250 e. The lowest BCUT2D eigenvalue weighted by atomic mass is 9.84. The van der Waals surface area contributed by atoms with Crippen molar-refractivity contribution in [3.8, 4) is 0 Å². The van der Waals surface area contributed by atoms with Crippen LogP contribution in [0.25, 0.3) is 10.9 Å². The van der Waals surface area contributed by atoms with E-state index in [0.717, 1.165) is 30.7 Å². The maximum atomic E-state index is 11.7. The molecule has 0 radical (unpaired) electrons. The third kappa shape index (κ3) is 3.55. The Morgan fingerprint density at radius 3 is 2.71 bits per heavy atom. The first-order chi connectivity index (χ1) is 13.5. The lowest BCUT2D eigenvalue weighted by Crippen LogP contribution is -2.44. The molecule has 1 amide bonds. The van der Waals surface area contributed by atoms with Crippen LogP contribution in [0.2, 0.25) is 0 Å². The van der Waals surface area contributed by atoms with Gasteiger partial charge in [-0.1, -0.05) is 35.4 Å². The lowest BCUT2D eigenvalue weighted by Gasteiger charge is -2.34. The second-order valence-corrected chi connectivity index (χ2v) is 7.56. The van der Waals surface area contributed by atoms with E-state index in [1.54, 1.807) is 6.07 Å². The van der Waals surface area contributed by atoms with Gasteiger partial charge < -0.3 is 16.4 Å². The van der Waals surface area contributed by atoms with E-state index in [-0.39, 0.29) is 6.04 Å². The number of rotatable bonds is 4. The Kier molecular flexibility index (Phi) is 4.96. The molecule has 6 heteroatoms. The number of hydrogen-bond donors (Lipinski definition) is 3. The fraction of sp³-hybridized carbons (Fsp3) is 0.318. The van der Waals surface area contributed by atoms with Gasteiger partial charge in [-0.05, 0) is 44.5 Å². The number of nitrogens with two attached hydrogens (primary N) is 1. The average Bonchev–Trinajstić information content (AvgIpc) is 2.67. The van der Waals surface area contributed by atoms with Gasteiger partial charge in [-0.2, -0.15) is 0 Å². The standard InChI is InChI=1S/C22H25N5O/c1-13-8-14(2)10-15(9-13)16-6-7-24-11-19(16)27-22-18-5-3-4-17(21(23)28)20(18)25-12-26-22/h3-5,8-10,12,16,19,24H,6-7,11H2,1-2H3,(H2,23,28)(H,25,26,27)/t16-,19+/m1/s1. The first-order valence-electron chi connectivity index (χ1n) is 9.62. The minimum atomic E-state index is -0.484. The number of aryl methyl sites for hydroxylation is 2. The molecule has 0 unspecified atom stereocenters. The topological polar surface area (TPSA) is 92.9 Å². The molecule has 0 saturated carbocycles. The number of carbonyl (C=O) groups is 1. The zero-order valence-electron chi connectivity index (χ0n) is 16.2. The van der Waals surface area contributed by atoms with Crippen molar-refractivity contribution in [2.24, 2.45) is 5.73 Å². The predicted octanol–water partition coefficient (Wildman–Crippen LogP) is 2.90. The molecule has 6 nitrogen and oxygen atoms in total. The number of para-hydroxylation sites is 1. The predicted molar refractivity (Wildman–Crippen MR) is 112 cm³/mol. The number of nitrogens with zero attached hydrogens (tertiary/aromatic N) is 2. The van der Waals surface area contributed by atoms with E-state index in [9.17, 15) is 4.79 Å². The number of nitrogens with one attached hydrogen (secondary N) is 2. The smallest absolute Gasteiger partial charge is 0.250 e. The Hall–Kier alpha value is -2.99. The normalized spacial score (nSPS) is 19.5. The van der Waals surface area contributed by atoms with E-state index in [0.29, 0.717) is 17.0 Å². The van der Waals surface area contributed by atoms with Gasteiger partial charge in [-0.15, -0.1) is 0 Å². The van der Waals surface area contributed by atoms with E-state index in [2.05, 4.69) is 52.6 Å². The summed E-state index contributed by atoms with van der Waals surface area (Å²) in [7, 11) is 0. The zero-order valence-corrected chi connectivity index (χ0v) is 16.2. The molecule has 144 valence electrons. The molecule has 2 atom stereocenters. The van der Waals surface area contributed by atoms with Crippen molar-refractivity contribution in [2.45, 2.75) is 32.2 Å². The Morgan fingerprint density at radius 2 is 1.96 bits per heavy atom. The number of aromatic nitrogens is 2. The van der Waals surface area contributed by atoms with Crippen LogP contribution in [0.1, 0.15) is 39.4 Å². The molecule has 1 aliphatic heterocycles. The van der Waals surface area contributed by atoms with Crippen molar-refractivity contribution in [1.82, 2.24) is 15.3 Å². The average molecular weight is 375 g/mol. The molecule has 28 heavy (non-hydrogen) atoms. The second-order valence-electron chi connectivity index (χ2n) is 7.56. The SMILES string of the molecule is Cc1cc(C)cc([C@H]2CCNC[C@@H]2Nc2ncnc3c(C(N)=O)cccc23)c1. The van der Waals surface area contributed by atoms with Crippen LogP contribution in [0.4, 0.5) is 5.82 Å². The van der Waals surface area contributed by atoms with Crippen molar-refractivity contribution in [1.29, 1.82) is 0 Å². The van der Waals surface area contributed by atoms with Crippen LogP contribution in [-0.2, 0) is 0 Å². The largest absolute Gasteiger partial charge is 0.366 e. The molecule has 1 saturated heterocycles. The minimum Gasteiger partial charge on any atom is -0.366 e. The quantitative estimate of drug-likeness (QED) is 0.652.